The summed E-state index contributed by atoms with van der Waals surface area (Å²) in [5.41, 5.74) is 6.24. The van der Waals surface area contributed by atoms with Crippen molar-refractivity contribution in [1.82, 2.24) is 15.0 Å². The van der Waals surface area contributed by atoms with E-state index in [4.69, 9.17) is 22.6 Å². The van der Waals surface area contributed by atoms with Gasteiger partial charge in [0.05, 0.1) is 10.6 Å². The summed E-state index contributed by atoms with van der Waals surface area (Å²) in [5, 5.41) is 9.02. The van der Waals surface area contributed by atoms with E-state index in [9.17, 15) is 8.42 Å². The zero-order valence-electron chi connectivity index (χ0n) is 15.1. The molecule has 1 heterocycles. The number of sulfonamides is 1. The number of nitrogen functional groups attached to an aromatic ring is 1. The molecule has 1 aromatic heterocycles. The van der Waals surface area contributed by atoms with Crippen LogP contribution in [-0.2, 0) is 15.8 Å². The zero-order chi connectivity index (χ0) is 19.5. The summed E-state index contributed by atoms with van der Waals surface area (Å²) in [6.45, 7) is 1.66. The van der Waals surface area contributed by atoms with Gasteiger partial charge in [-0.3, -0.25) is 0 Å². The molecule has 1 aromatic carbocycles. The average Bonchev–Trinajstić information content (AvgIpc) is 2.54. The fourth-order valence-corrected chi connectivity index (χ4v) is 4.27. The Labute approximate surface area is 209 Å². The molecule has 13 heteroatoms. The second-order valence-electron chi connectivity index (χ2n) is 5.31. The first-order valence-electron chi connectivity index (χ1n) is 7.11. The zero-order valence-corrected chi connectivity index (χ0v) is 20.6. The summed E-state index contributed by atoms with van der Waals surface area (Å²) in [5.74, 6) is 1.06. The summed E-state index contributed by atoms with van der Waals surface area (Å²) in [6.07, 6.45) is 1.31. The molecule has 9 nitrogen and oxygen atoms in total. The predicted molar refractivity (Wildman–Crippen MR) is 100 cm³/mol. The van der Waals surface area contributed by atoms with Crippen molar-refractivity contribution in [2.45, 2.75) is 22.5 Å². The number of aromatic nitrogens is 3. The van der Waals surface area contributed by atoms with Crippen LogP contribution in [0.2, 0.25) is 5.02 Å². The van der Waals surface area contributed by atoms with Gasteiger partial charge in [0.1, 0.15) is 5.82 Å². The van der Waals surface area contributed by atoms with Gasteiger partial charge in [0.25, 0.3) is 0 Å². The number of aryl methyl sites for hydroxylation is 1. The number of benzene rings is 1. The van der Waals surface area contributed by atoms with Crippen LogP contribution in [0, 0.1) is 18.4 Å². The van der Waals surface area contributed by atoms with Crippen molar-refractivity contribution in [2.24, 2.45) is 0 Å². The van der Waals surface area contributed by atoms with Crippen LogP contribution in [0.3, 0.4) is 0 Å². The molecule has 0 atom stereocenters. The molecular formula is C14H15ClKN7O2S2. The smallest absolute Gasteiger partial charge is 0.493 e. The van der Waals surface area contributed by atoms with Crippen molar-refractivity contribution in [3.8, 4) is 6.19 Å². The third-order valence-electron chi connectivity index (χ3n) is 3.11. The van der Waals surface area contributed by atoms with Gasteiger partial charge in [0, 0.05) is 24.0 Å². The molecule has 0 fully saturated rings. The van der Waals surface area contributed by atoms with Gasteiger partial charge in [-0.05, 0) is 24.6 Å². The first kappa shape index (κ1) is 24.4. The molecule has 2 aromatic rings. The molecule has 2 rings (SSSR count). The minimum atomic E-state index is -4.12. The van der Waals surface area contributed by atoms with Gasteiger partial charge in [-0.15, -0.1) is 11.8 Å². The molecule has 0 saturated carbocycles. The van der Waals surface area contributed by atoms with E-state index in [2.05, 4.69) is 19.7 Å². The molecule has 27 heavy (non-hydrogen) atoms. The van der Waals surface area contributed by atoms with Crippen molar-refractivity contribution in [3.05, 3.63) is 33.3 Å². The summed E-state index contributed by atoms with van der Waals surface area (Å²) in [4.78, 5) is 14.2. The van der Waals surface area contributed by atoms with Crippen LogP contribution >= 0.6 is 23.4 Å². The molecule has 0 aliphatic heterocycles. The number of hydrogen-bond donors (Lipinski definition) is 1. The quantitative estimate of drug-likeness (QED) is 0.343. The van der Waals surface area contributed by atoms with E-state index in [1.54, 1.807) is 25.9 Å². The van der Waals surface area contributed by atoms with E-state index in [-0.39, 0.29) is 68.0 Å². The number of halogens is 1. The summed E-state index contributed by atoms with van der Waals surface area (Å²) >= 11 is 7.26. The molecular weight excluding hydrogens is 437 g/mol. The predicted octanol–water partition coefficient (Wildman–Crippen LogP) is -0.679. The Balaban J connectivity index is 0.00000364. The number of nitriles is 1. The van der Waals surface area contributed by atoms with Gasteiger partial charge in [-0.1, -0.05) is 17.8 Å². The van der Waals surface area contributed by atoms with Crippen LogP contribution in [-0.4, -0.2) is 37.5 Å². The molecule has 0 radical (unpaired) electrons. The third kappa shape index (κ3) is 6.43. The number of rotatable bonds is 6. The van der Waals surface area contributed by atoms with E-state index in [0.29, 0.717) is 27.3 Å². The Kier molecular flexibility index (Phi) is 9.23. The van der Waals surface area contributed by atoms with Gasteiger partial charge >= 0.3 is 51.4 Å². The number of nitrogens with zero attached hydrogens (tertiary/aromatic N) is 6. The maximum Gasteiger partial charge on any atom is 1.00 e. The first-order chi connectivity index (χ1) is 12.1. The van der Waals surface area contributed by atoms with Crippen LogP contribution in [0.25, 0.3) is 4.72 Å². The van der Waals surface area contributed by atoms with Crippen molar-refractivity contribution in [3.63, 3.8) is 0 Å². The Hall–Kier alpha value is -0.654. The molecule has 0 amide bonds. The topological polar surface area (TPSA) is 140 Å². The molecule has 0 bridgehead atoms. The average molecular weight is 452 g/mol. The minimum absolute atomic E-state index is 0. The largest absolute Gasteiger partial charge is 1.00 e. The Morgan fingerprint density at radius 1 is 1.33 bits per heavy atom. The molecule has 0 unspecified atom stereocenters. The maximum atomic E-state index is 12.2. The van der Waals surface area contributed by atoms with Crippen molar-refractivity contribution in [2.75, 3.05) is 24.7 Å². The van der Waals surface area contributed by atoms with Crippen molar-refractivity contribution in [1.29, 1.82) is 5.26 Å². The van der Waals surface area contributed by atoms with Crippen molar-refractivity contribution < 1.29 is 59.8 Å². The third-order valence-corrected chi connectivity index (χ3v) is 5.91. The van der Waals surface area contributed by atoms with Gasteiger partial charge < -0.3 is 20.6 Å². The molecule has 2 N–H and O–H groups in total. The fourth-order valence-electron chi connectivity index (χ4n) is 1.89. The van der Waals surface area contributed by atoms with Crippen LogP contribution in [0.15, 0.2) is 21.9 Å². The van der Waals surface area contributed by atoms with E-state index >= 15 is 0 Å². The Bertz CT molecular complexity index is 980. The second-order valence-corrected chi connectivity index (χ2v) is 8.30. The normalized spacial score (nSPS) is 10.6. The Morgan fingerprint density at radius 3 is 2.59 bits per heavy atom. The first-order valence-corrected chi connectivity index (χ1v) is 9.91. The van der Waals surface area contributed by atoms with Crippen LogP contribution in [0.4, 0.5) is 11.9 Å². The van der Waals surface area contributed by atoms with Gasteiger partial charge in [0.15, 0.2) is 0 Å². The van der Waals surface area contributed by atoms with E-state index in [1.807, 2.05) is 0 Å². The van der Waals surface area contributed by atoms with Crippen LogP contribution in [0.5, 0.6) is 0 Å². The van der Waals surface area contributed by atoms with E-state index in [1.165, 1.54) is 18.3 Å². The summed E-state index contributed by atoms with van der Waals surface area (Å²) < 4.78 is 27.4. The van der Waals surface area contributed by atoms with Crippen LogP contribution in [0.1, 0.15) is 11.4 Å². The van der Waals surface area contributed by atoms with Crippen molar-refractivity contribution >= 4 is 45.3 Å². The number of thioether (sulfide) groups is 1. The van der Waals surface area contributed by atoms with Crippen LogP contribution < -0.4 is 62.0 Å². The fraction of sp³-hybridized carbons (Fsp3) is 0.286. The molecule has 0 aliphatic rings. The molecule has 0 aliphatic carbocycles. The standard InChI is InChI=1S/C14H15ClN7O2S2.K/c1-8-4-11(26(23,24)18-7-16)10(5-9(8)15)25-6-12-19-13(17)21-14(20-12)22(2)3;/h4-5H,6H2,1-3H3,(H2,17,19,20,21);/q-1;+1. The maximum absolute atomic E-state index is 12.2. The minimum Gasteiger partial charge on any atom is -0.493 e. The molecule has 0 spiro atoms. The Morgan fingerprint density at radius 2 is 2.00 bits per heavy atom. The number of anilines is 2. The number of nitrogens with two attached hydrogens (primary N) is 1. The monoisotopic (exact) mass is 451 g/mol. The van der Waals surface area contributed by atoms with E-state index < -0.39 is 10.0 Å². The molecule has 138 valence electrons. The SMILES string of the molecule is Cc1cc(S(=O)(=O)[N-]C#N)c(SCc2nc(N)nc(N(C)C)n2)cc1Cl.[K+]. The number of hydrogen-bond acceptors (Lipinski definition) is 9. The summed E-state index contributed by atoms with van der Waals surface area (Å²) in [6, 6.07) is 2.90. The van der Waals surface area contributed by atoms with Gasteiger partial charge in [-0.2, -0.15) is 15.0 Å². The van der Waals surface area contributed by atoms with Gasteiger partial charge in [0.2, 0.25) is 21.9 Å². The molecule has 0 saturated heterocycles. The second kappa shape index (κ2) is 10.2. The van der Waals surface area contributed by atoms with E-state index in [0.717, 1.165) is 11.8 Å². The summed E-state index contributed by atoms with van der Waals surface area (Å²) in [7, 11) is -0.589. The van der Waals surface area contributed by atoms with Gasteiger partial charge in [-0.25, -0.2) is 8.42 Å².